The van der Waals surface area contributed by atoms with Gasteiger partial charge in [0.25, 0.3) is 0 Å². The highest BCUT2D eigenvalue weighted by Gasteiger charge is 2.31. The Bertz CT molecular complexity index is 933. The highest BCUT2D eigenvalue weighted by atomic mass is 16.4. The van der Waals surface area contributed by atoms with Gasteiger partial charge in [-0.25, -0.2) is 9.78 Å². The second-order valence-corrected chi connectivity index (χ2v) is 7.71. The summed E-state index contributed by atoms with van der Waals surface area (Å²) in [5.74, 6) is -5.23. The maximum atomic E-state index is 12.9. The molecule has 0 aliphatic carbocycles. The van der Waals surface area contributed by atoms with Gasteiger partial charge in [-0.15, -0.1) is 0 Å². The summed E-state index contributed by atoms with van der Waals surface area (Å²) in [7, 11) is 0. The number of aromatic amines is 1. The molecule has 0 spiro atoms. The number of imidazole rings is 1. The highest BCUT2D eigenvalue weighted by Crippen LogP contribution is 2.04. The number of amides is 4. The van der Waals surface area contributed by atoms with E-state index in [9.17, 15) is 29.1 Å². The number of hydrogen-bond donors (Lipinski definition) is 10. The minimum absolute atomic E-state index is 0.00497. The van der Waals surface area contributed by atoms with E-state index >= 15 is 0 Å². The first-order valence-corrected chi connectivity index (χ1v) is 10.8. The lowest BCUT2D eigenvalue weighted by molar-refractivity contribution is -0.142. The number of carbonyl (C=O) groups excluding carboxylic acids is 4. The summed E-state index contributed by atoms with van der Waals surface area (Å²) in [4.78, 5) is 71.2. The predicted octanol–water partition coefficient (Wildman–Crippen LogP) is -5.26. The number of nitrogens with two attached hydrogens (primary N) is 4. The van der Waals surface area contributed by atoms with Crippen LogP contribution in [0, 0.1) is 0 Å². The SMILES string of the molecule is NC(=O)CC(NC(=O)C(CCCN=C(N)N)NC(=O)C(N)CO)C(=O)NC(Cc1cnc[nH]1)C(=O)O. The fraction of sp³-hybridized carbons (Fsp3) is 0.526. The van der Waals surface area contributed by atoms with Crippen LogP contribution in [0.4, 0.5) is 0 Å². The summed E-state index contributed by atoms with van der Waals surface area (Å²) in [6.07, 6.45) is 2.12. The van der Waals surface area contributed by atoms with E-state index in [4.69, 9.17) is 28.0 Å². The van der Waals surface area contributed by atoms with Gasteiger partial charge in [-0.1, -0.05) is 0 Å². The standard InChI is InChI=1S/C19H32N10O7/c20-10(7-30)15(32)27-11(2-1-3-25-19(22)23)16(33)28-12(5-14(21)31)17(34)29-13(18(35)36)4-9-6-24-8-26-9/h6,8,10-13,30H,1-5,7,20H2,(H2,21,31)(H,24,26)(H,27,32)(H,28,33)(H,29,34)(H,35,36)(H4,22,23,25). The molecule has 0 aliphatic heterocycles. The number of nitrogens with one attached hydrogen (secondary N) is 4. The van der Waals surface area contributed by atoms with Gasteiger partial charge in [-0.2, -0.15) is 0 Å². The van der Waals surface area contributed by atoms with Crippen molar-refractivity contribution in [3.05, 3.63) is 18.2 Å². The van der Waals surface area contributed by atoms with Crippen molar-refractivity contribution in [1.29, 1.82) is 0 Å². The molecule has 0 aliphatic rings. The number of aliphatic hydroxyl groups is 1. The molecule has 1 aromatic heterocycles. The molecular weight excluding hydrogens is 480 g/mol. The fourth-order valence-electron chi connectivity index (χ4n) is 2.91. The third-order valence-electron chi connectivity index (χ3n) is 4.74. The molecule has 0 saturated heterocycles. The minimum atomic E-state index is -1.55. The lowest BCUT2D eigenvalue weighted by Crippen LogP contribution is -2.58. The van der Waals surface area contributed by atoms with Crippen molar-refractivity contribution in [2.45, 2.75) is 49.9 Å². The third kappa shape index (κ3) is 10.8. The molecule has 4 atom stereocenters. The van der Waals surface area contributed by atoms with Gasteiger partial charge in [0.05, 0.1) is 19.4 Å². The smallest absolute Gasteiger partial charge is 0.326 e. The number of hydrogen-bond acceptors (Lipinski definition) is 9. The van der Waals surface area contributed by atoms with Gasteiger partial charge in [0, 0.05) is 24.9 Å². The number of primary amides is 1. The summed E-state index contributed by atoms with van der Waals surface area (Å²) >= 11 is 0. The molecule has 17 nitrogen and oxygen atoms in total. The lowest BCUT2D eigenvalue weighted by atomic mass is 10.1. The van der Waals surface area contributed by atoms with Crippen molar-refractivity contribution in [3.8, 4) is 0 Å². The zero-order valence-electron chi connectivity index (χ0n) is 19.3. The molecule has 1 heterocycles. The number of aromatic nitrogens is 2. The van der Waals surface area contributed by atoms with E-state index < -0.39 is 66.8 Å². The number of aliphatic carboxylic acids is 1. The van der Waals surface area contributed by atoms with Crippen LogP contribution < -0.4 is 38.9 Å². The number of guanidine groups is 1. The van der Waals surface area contributed by atoms with Crippen LogP contribution in [0.3, 0.4) is 0 Å². The molecule has 4 amide bonds. The summed E-state index contributed by atoms with van der Waals surface area (Å²) in [5.41, 5.74) is 21.6. The Labute approximate surface area is 205 Å². The first kappa shape index (κ1) is 29.8. The maximum absolute atomic E-state index is 12.9. The van der Waals surface area contributed by atoms with Gasteiger partial charge in [-0.05, 0) is 12.8 Å². The van der Waals surface area contributed by atoms with Crippen molar-refractivity contribution in [2.75, 3.05) is 13.2 Å². The molecule has 36 heavy (non-hydrogen) atoms. The Morgan fingerprint density at radius 3 is 2.14 bits per heavy atom. The molecule has 0 bridgehead atoms. The van der Waals surface area contributed by atoms with Crippen LogP contribution in [0.2, 0.25) is 0 Å². The van der Waals surface area contributed by atoms with E-state index in [1.807, 2.05) is 0 Å². The molecule has 14 N–H and O–H groups in total. The molecule has 0 fully saturated rings. The highest BCUT2D eigenvalue weighted by molar-refractivity contribution is 5.96. The first-order valence-electron chi connectivity index (χ1n) is 10.8. The normalized spacial score (nSPS) is 13.9. The Kier molecular flexibility index (Phi) is 12.3. The van der Waals surface area contributed by atoms with Crippen molar-refractivity contribution in [2.24, 2.45) is 27.9 Å². The number of rotatable bonds is 16. The number of carbonyl (C=O) groups is 5. The zero-order chi connectivity index (χ0) is 27.3. The molecule has 1 rings (SSSR count). The predicted molar refractivity (Wildman–Crippen MR) is 125 cm³/mol. The minimum Gasteiger partial charge on any atom is -0.480 e. The van der Waals surface area contributed by atoms with Crippen molar-refractivity contribution in [3.63, 3.8) is 0 Å². The first-order chi connectivity index (χ1) is 16.9. The number of nitrogens with zero attached hydrogens (tertiary/aromatic N) is 2. The summed E-state index contributed by atoms with van der Waals surface area (Å²) in [6, 6.07) is -5.54. The van der Waals surface area contributed by atoms with E-state index in [0.29, 0.717) is 5.69 Å². The summed E-state index contributed by atoms with van der Waals surface area (Å²) in [5, 5.41) is 25.4. The van der Waals surface area contributed by atoms with E-state index in [1.54, 1.807) is 0 Å². The molecule has 200 valence electrons. The lowest BCUT2D eigenvalue weighted by Gasteiger charge is -2.24. The van der Waals surface area contributed by atoms with Gasteiger partial charge in [-0.3, -0.25) is 24.2 Å². The van der Waals surface area contributed by atoms with Crippen LogP contribution in [-0.4, -0.2) is 93.1 Å². The fourth-order valence-corrected chi connectivity index (χ4v) is 2.91. The van der Waals surface area contributed by atoms with Crippen LogP contribution in [0.25, 0.3) is 0 Å². The number of H-pyrrole nitrogens is 1. The second kappa shape index (κ2) is 14.9. The van der Waals surface area contributed by atoms with Gasteiger partial charge >= 0.3 is 5.97 Å². The van der Waals surface area contributed by atoms with Crippen molar-refractivity contribution in [1.82, 2.24) is 25.9 Å². The van der Waals surface area contributed by atoms with E-state index in [0.717, 1.165) is 0 Å². The average Bonchev–Trinajstić information content (AvgIpc) is 3.31. The topological polar surface area (TPSA) is 307 Å². The molecule has 0 radical (unpaired) electrons. The van der Waals surface area contributed by atoms with Gasteiger partial charge in [0.15, 0.2) is 5.96 Å². The number of carboxylic acids is 1. The largest absolute Gasteiger partial charge is 0.480 e. The molecule has 0 aromatic carbocycles. The second-order valence-electron chi connectivity index (χ2n) is 7.71. The van der Waals surface area contributed by atoms with Gasteiger partial charge in [0.2, 0.25) is 23.6 Å². The Hall–Kier alpha value is -4.25. The van der Waals surface area contributed by atoms with E-state index in [1.165, 1.54) is 12.5 Å². The zero-order valence-corrected chi connectivity index (χ0v) is 19.3. The van der Waals surface area contributed by atoms with Crippen LogP contribution >= 0.6 is 0 Å². The Morgan fingerprint density at radius 2 is 1.61 bits per heavy atom. The number of aliphatic imine (C=N–C) groups is 1. The van der Waals surface area contributed by atoms with Crippen LogP contribution in [0.15, 0.2) is 17.5 Å². The molecule has 1 aromatic rings. The van der Waals surface area contributed by atoms with Gasteiger partial charge < -0.3 is 54.1 Å². The molecule has 0 saturated carbocycles. The van der Waals surface area contributed by atoms with E-state index in [-0.39, 0.29) is 31.8 Å². The average molecular weight is 513 g/mol. The quantitative estimate of drug-likeness (QED) is 0.0566. The Morgan fingerprint density at radius 1 is 1.00 bits per heavy atom. The Balaban J connectivity index is 2.99. The van der Waals surface area contributed by atoms with Gasteiger partial charge in [0.1, 0.15) is 24.2 Å². The molecule has 17 heteroatoms. The van der Waals surface area contributed by atoms with Crippen LogP contribution in [-0.2, 0) is 30.4 Å². The van der Waals surface area contributed by atoms with Crippen molar-refractivity contribution >= 4 is 35.6 Å². The molecular formula is C19H32N10O7. The monoisotopic (exact) mass is 512 g/mol. The van der Waals surface area contributed by atoms with Crippen LogP contribution in [0.5, 0.6) is 0 Å². The summed E-state index contributed by atoms with van der Waals surface area (Å²) in [6.45, 7) is -0.569. The van der Waals surface area contributed by atoms with Crippen LogP contribution in [0.1, 0.15) is 25.0 Å². The molecule has 4 unspecified atom stereocenters. The van der Waals surface area contributed by atoms with E-state index in [2.05, 4.69) is 30.9 Å². The number of carboxylic acid groups (broad SMARTS) is 1. The third-order valence-corrected chi connectivity index (χ3v) is 4.74. The van der Waals surface area contributed by atoms with Crippen molar-refractivity contribution < 1.29 is 34.2 Å². The maximum Gasteiger partial charge on any atom is 0.326 e. The number of aliphatic hydroxyl groups excluding tert-OH is 1. The summed E-state index contributed by atoms with van der Waals surface area (Å²) < 4.78 is 0.